The second-order valence-corrected chi connectivity index (χ2v) is 5.80. The molecule has 0 spiro atoms. The number of carbonyl (C=O) groups is 3. The van der Waals surface area contributed by atoms with Gasteiger partial charge in [0.25, 0.3) is 11.8 Å². The van der Waals surface area contributed by atoms with Gasteiger partial charge in [-0.25, -0.2) is 14.7 Å². The summed E-state index contributed by atoms with van der Waals surface area (Å²) in [5.74, 6) is -1.03. The number of carbonyl (C=O) groups excluding carboxylic acids is 3. The minimum atomic E-state index is -0.560. The summed E-state index contributed by atoms with van der Waals surface area (Å²) in [6.07, 6.45) is 1.23. The maximum Gasteiger partial charge on any atom is 0.360 e. The van der Waals surface area contributed by atoms with Crippen LogP contribution in [0.15, 0.2) is 59.2 Å². The van der Waals surface area contributed by atoms with Crippen LogP contribution in [0, 0.1) is 0 Å². The lowest BCUT2D eigenvalue weighted by Crippen LogP contribution is -2.29. The predicted octanol–water partition coefficient (Wildman–Crippen LogP) is 3.32. The average molecular weight is 362 g/mol. The number of anilines is 1. The van der Waals surface area contributed by atoms with E-state index in [9.17, 15) is 14.4 Å². The average Bonchev–Trinajstić information content (AvgIpc) is 3.27. The van der Waals surface area contributed by atoms with E-state index in [4.69, 9.17) is 9.15 Å². The third kappa shape index (κ3) is 2.79. The number of benzene rings is 2. The van der Waals surface area contributed by atoms with Crippen molar-refractivity contribution in [2.24, 2.45) is 0 Å². The summed E-state index contributed by atoms with van der Waals surface area (Å²) in [6, 6.07) is 13.3. The largest absolute Gasteiger partial charge is 0.461 e. The lowest BCUT2D eigenvalue weighted by atomic mass is 10.1. The lowest BCUT2D eigenvalue weighted by molar-refractivity contribution is 0.0519. The van der Waals surface area contributed by atoms with Gasteiger partial charge in [0.1, 0.15) is 6.26 Å². The molecule has 0 aliphatic carbocycles. The van der Waals surface area contributed by atoms with Crippen LogP contribution in [-0.4, -0.2) is 29.4 Å². The van der Waals surface area contributed by atoms with Gasteiger partial charge >= 0.3 is 5.97 Å². The lowest BCUT2D eigenvalue weighted by Gasteiger charge is -2.13. The number of esters is 1. The third-order valence-electron chi connectivity index (χ3n) is 4.16. The first-order chi connectivity index (χ1) is 13.1. The van der Waals surface area contributed by atoms with Crippen LogP contribution in [-0.2, 0) is 4.74 Å². The smallest absolute Gasteiger partial charge is 0.360 e. The highest BCUT2D eigenvalue weighted by molar-refractivity contribution is 6.34. The van der Waals surface area contributed by atoms with Gasteiger partial charge in [0.2, 0.25) is 5.89 Å². The zero-order chi connectivity index (χ0) is 19.0. The monoisotopic (exact) mass is 362 g/mol. The quantitative estimate of drug-likeness (QED) is 0.522. The van der Waals surface area contributed by atoms with Gasteiger partial charge in [0, 0.05) is 5.56 Å². The molecule has 0 fully saturated rings. The number of imide groups is 1. The van der Waals surface area contributed by atoms with E-state index in [1.165, 1.54) is 6.26 Å². The van der Waals surface area contributed by atoms with Gasteiger partial charge in [-0.2, -0.15) is 0 Å². The van der Waals surface area contributed by atoms with Crippen LogP contribution in [0.3, 0.4) is 0 Å². The number of oxazole rings is 1. The summed E-state index contributed by atoms with van der Waals surface area (Å²) in [4.78, 5) is 42.0. The second kappa shape index (κ2) is 6.53. The zero-order valence-corrected chi connectivity index (χ0v) is 14.3. The number of aromatic nitrogens is 1. The Hall–Kier alpha value is -3.74. The number of nitrogens with zero attached hydrogens (tertiary/aromatic N) is 2. The molecule has 0 radical (unpaired) electrons. The molecule has 4 rings (SSSR count). The van der Waals surface area contributed by atoms with Crippen LogP contribution in [0.1, 0.15) is 38.1 Å². The Morgan fingerprint density at radius 1 is 1.04 bits per heavy atom. The molecule has 2 amide bonds. The Kier molecular flexibility index (Phi) is 4.04. The fraction of sp³-hybridized carbons (Fsp3) is 0.100. The molecule has 2 aromatic carbocycles. The molecular weight excluding hydrogens is 348 g/mol. The Bertz CT molecular complexity index is 1020. The molecule has 0 saturated carbocycles. The van der Waals surface area contributed by atoms with Crippen molar-refractivity contribution in [2.45, 2.75) is 6.92 Å². The molecule has 2 heterocycles. The van der Waals surface area contributed by atoms with E-state index in [-0.39, 0.29) is 30.0 Å². The molecule has 0 unspecified atom stereocenters. The molecule has 1 aliphatic heterocycles. The van der Waals surface area contributed by atoms with Crippen molar-refractivity contribution in [3.05, 3.63) is 71.6 Å². The highest BCUT2D eigenvalue weighted by atomic mass is 16.5. The maximum absolute atomic E-state index is 12.5. The summed E-state index contributed by atoms with van der Waals surface area (Å²) in [7, 11) is 0. The van der Waals surface area contributed by atoms with E-state index in [0.29, 0.717) is 22.4 Å². The first kappa shape index (κ1) is 16.7. The predicted molar refractivity (Wildman–Crippen MR) is 95.5 cm³/mol. The Morgan fingerprint density at radius 2 is 1.67 bits per heavy atom. The topological polar surface area (TPSA) is 89.7 Å². The summed E-state index contributed by atoms with van der Waals surface area (Å²) in [6.45, 7) is 1.95. The molecule has 0 N–H and O–H groups in total. The van der Waals surface area contributed by atoms with Crippen LogP contribution in [0.25, 0.3) is 11.5 Å². The summed E-state index contributed by atoms with van der Waals surface area (Å²) >= 11 is 0. The number of hydrogen-bond acceptors (Lipinski definition) is 6. The maximum atomic E-state index is 12.5. The van der Waals surface area contributed by atoms with Gasteiger partial charge in [-0.3, -0.25) is 9.59 Å². The van der Waals surface area contributed by atoms with E-state index in [1.807, 2.05) is 0 Å². The molecule has 27 heavy (non-hydrogen) atoms. The van der Waals surface area contributed by atoms with Gasteiger partial charge in [0.15, 0.2) is 5.69 Å². The Balaban J connectivity index is 1.60. The summed E-state index contributed by atoms with van der Waals surface area (Å²) < 4.78 is 10.2. The summed E-state index contributed by atoms with van der Waals surface area (Å²) in [5.41, 5.74) is 1.90. The molecule has 3 aromatic rings. The van der Waals surface area contributed by atoms with Gasteiger partial charge < -0.3 is 9.15 Å². The summed E-state index contributed by atoms with van der Waals surface area (Å²) in [5, 5.41) is 0. The van der Waals surface area contributed by atoms with Crippen molar-refractivity contribution < 1.29 is 23.5 Å². The zero-order valence-electron chi connectivity index (χ0n) is 14.3. The van der Waals surface area contributed by atoms with Crippen molar-refractivity contribution in [1.82, 2.24) is 4.98 Å². The molecular formula is C20H14N2O5. The van der Waals surface area contributed by atoms with Crippen molar-refractivity contribution >= 4 is 23.5 Å². The minimum absolute atomic E-state index is 0.0799. The van der Waals surface area contributed by atoms with Crippen molar-refractivity contribution in [3.63, 3.8) is 0 Å². The van der Waals surface area contributed by atoms with Crippen LogP contribution in [0.4, 0.5) is 5.69 Å². The van der Waals surface area contributed by atoms with Crippen molar-refractivity contribution in [1.29, 1.82) is 0 Å². The highest BCUT2D eigenvalue weighted by Crippen LogP contribution is 2.30. The van der Waals surface area contributed by atoms with E-state index in [0.717, 1.165) is 4.90 Å². The van der Waals surface area contributed by atoms with Crippen LogP contribution >= 0.6 is 0 Å². The van der Waals surface area contributed by atoms with E-state index in [1.54, 1.807) is 55.5 Å². The number of hydrogen-bond donors (Lipinski definition) is 0. The van der Waals surface area contributed by atoms with Gasteiger partial charge in [0.05, 0.1) is 23.4 Å². The fourth-order valence-electron chi connectivity index (χ4n) is 2.88. The van der Waals surface area contributed by atoms with Gasteiger partial charge in [-0.15, -0.1) is 0 Å². The molecule has 7 heteroatoms. The first-order valence-corrected chi connectivity index (χ1v) is 8.31. The van der Waals surface area contributed by atoms with Gasteiger partial charge in [-0.1, -0.05) is 12.1 Å². The van der Waals surface area contributed by atoms with Crippen molar-refractivity contribution in [2.75, 3.05) is 11.5 Å². The molecule has 7 nitrogen and oxygen atoms in total. The van der Waals surface area contributed by atoms with E-state index >= 15 is 0 Å². The molecule has 0 atom stereocenters. The Morgan fingerprint density at radius 3 is 2.26 bits per heavy atom. The van der Waals surface area contributed by atoms with Crippen LogP contribution in [0.2, 0.25) is 0 Å². The molecule has 1 aromatic heterocycles. The first-order valence-electron chi connectivity index (χ1n) is 8.31. The second-order valence-electron chi connectivity index (χ2n) is 5.80. The number of rotatable bonds is 4. The standard InChI is InChI=1S/C20H14N2O5/c1-2-26-20(25)16-11-27-17(21-16)12-7-9-13(10-8-12)22-18(23)14-5-3-4-6-15(14)19(22)24/h3-11H,2H2,1H3. The van der Waals surface area contributed by atoms with Gasteiger partial charge in [-0.05, 0) is 43.3 Å². The van der Waals surface area contributed by atoms with E-state index in [2.05, 4.69) is 4.98 Å². The van der Waals surface area contributed by atoms with Crippen LogP contribution < -0.4 is 4.90 Å². The molecule has 1 aliphatic rings. The van der Waals surface area contributed by atoms with E-state index < -0.39 is 5.97 Å². The fourth-order valence-corrected chi connectivity index (χ4v) is 2.88. The number of ether oxygens (including phenoxy) is 1. The van der Waals surface area contributed by atoms with Crippen LogP contribution in [0.5, 0.6) is 0 Å². The minimum Gasteiger partial charge on any atom is -0.461 e. The highest BCUT2D eigenvalue weighted by Gasteiger charge is 2.36. The molecule has 0 bridgehead atoms. The SMILES string of the molecule is CCOC(=O)c1coc(-c2ccc(N3C(=O)c4ccccc4C3=O)cc2)n1. The Labute approximate surface area is 154 Å². The normalized spacial score (nSPS) is 13.0. The number of fused-ring (bicyclic) bond motifs is 1. The molecule has 134 valence electrons. The third-order valence-corrected chi connectivity index (χ3v) is 4.16. The number of amides is 2. The van der Waals surface area contributed by atoms with Crippen molar-refractivity contribution in [3.8, 4) is 11.5 Å². The molecule has 0 saturated heterocycles.